The van der Waals surface area contributed by atoms with Crippen LogP contribution >= 0.6 is 23.2 Å². The van der Waals surface area contributed by atoms with Crippen LogP contribution in [0.1, 0.15) is 33.3 Å². The Hall–Kier alpha value is -3.71. The van der Waals surface area contributed by atoms with Crippen molar-refractivity contribution in [3.05, 3.63) is 81.1 Å². The van der Waals surface area contributed by atoms with Crippen molar-refractivity contribution < 1.29 is 19.7 Å². The smallest absolute Gasteiger partial charge is 0.293 e. The first-order chi connectivity index (χ1) is 21.7. The van der Waals surface area contributed by atoms with Gasteiger partial charge in [0.25, 0.3) is 5.91 Å². The molecule has 2 aromatic carbocycles. The molecule has 2 aliphatic heterocycles. The van der Waals surface area contributed by atoms with Crippen molar-refractivity contribution in [2.45, 2.75) is 32.5 Å². The molecule has 0 saturated carbocycles. The number of hydrogen-bond acceptors (Lipinski definition) is 10. The molecule has 2 aliphatic rings. The van der Waals surface area contributed by atoms with Crippen molar-refractivity contribution in [2.24, 2.45) is 0 Å². The number of hydrogen-bond donors (Lipinski definition) is 3. The minimum absolute atomic E-state index is 0.0554. The van der Waals surface area contributed by atoms with E-state index in [-0.39, 0.29) is 18.5 Å². The van der Waals surface area contributed by atoms with Crippen molar-refractivity contribution in [2.75, 3.05) is 45.2 Å². The minimum Gasteiger partial charge on any atom is -0.480 e. The highest BCUT2D eigenvalue weighted by molar-refractivity contribution is 6.39. The number of ether oxygens (including phenoxy) is 1. The van der Waals surface area contributed by atoms with Gasteiger partial charge in [0.2, 0.25) is 11.7 Å². The van der Waals surface area contributed by atoms with Gasteiger partial charge in [0, 0.05) is 61.7 Å². The summed E-state index contributed by atoms with van der Waals surface area (Å²) in [6.07, 6.45) is 2.11. The number of carbonyl (C=O) groups is 1. The summed E-state index contributed by atoms with van der Waals surface area (Å²) < 4.78 is 5.53. The van der Waals surface area contributed by atoms with Crippen LogP contribution in [-0.4, -0.2) is 91.9 Å². The van der Waals surface area contributed by atoms with Gasteiger partial charge in [-0.1, -0.05) is 53.5 Å². The number of aromatic nitrogens is 4. The lowest BCUT2D eigenvalue weighted by molar-refractivity contribution is -0.00403. The number of nitrogens with one attached hydrogen (secondary N) is 1. The number of amides is 1. The molecule has 3 N–H and O–H groups in total. The molecule has 2 aromatic heterocycles. The van der Waals surface area contributed by atoms with Crippen LogP contribution in [0.4, 0.5) is 5.69 Å². The SMILES string of the molecule is COc1nc(-c2cccc(-c3cccc(NC(=O)c4nc(C)c5c(n4)CN(CCO)CC5)c3Cl)c2Cl)cnc1CN1CC(O)C1. The Morgan fingerprint density at radius 3 is 2.51 bits per heavy atom. The third-order valence-electron chi connectivity index (χ3n) is 8.10. The molecule has 0 aliphatic carbocycles. The summed E-state index contributed by atoms with van der Waals surface area (Å²) in [5, 5.41) is 22.5. The summed E-state index contributed by atoms with van der Waals surface area (Å²) in [7, 11) is 1.54. The van der Waals surface area contributed by atoms with Crippen LogP contribution in [0.25, 0.3) is 22.4 Å². The number of rotatable bonds is 9. The Labute approximate surface area is 270 Å². The van der Waals surface area contributed by atoms with Gasteiger partial charge < -0.3 is 20.3 Å². The molecule has 45 heavy (non-hydrogen) atoms. The molecule has 1 fully saturated rings. The van der Waals surface area contributed by atoms with Crippen molar-refractivity contribution in [1.82, 2.24) is 29.7 Å². The van der Waals surface area contributed by atoms with Gasteiger partial charge in [-0.05, 0) is 25.0 Å². The zero-order valence-corrected chi connectivity index (χ0v) is 26.4. The number of nitrogens with zero attached hydrogens (tertiary/aromatic N) is 6. The van der Waals surface area contributed by atoms with E-state index in [9.17, 15) is 15.0 Å². The fourth-order valence-electron chi connectivity index (χ4n) is 5.74. The second kappa shape index (κ2) is 13.3. The van der Waals surface area contributed by atoms with Crippen LogP contribution in [0.5, 0.6) is 5.88 Å². The van der Waals surface area contributed by atoms with E-state index in [1.807, 2.05) is 31.2 Å². The van der Waals surface area contributed by atoms with Gasteiger partial charge in [-0.2, -0.15) is 0 Å². The van der Waals surface area contributed by atoms with E-state index in [1.54, 1.807) is 25.4 Å². The number of likely N-dealkylation sites (tertiary alicyclic amines) is 1. The fourth-order valence-corrected chi connectivity index (χ4v) is 6.34. The Morgan fingerprint density at radius 2 is 1.78 bits per heavy atom. The van der Waals surface area contributed by atoms with Crippen LogP contribution < -0.4 is 10.1 Å². The monoisotopic (exact) mass is 649 g/mol. The maximum Gasteiger partial charge on any atom is 0.293 e. The van der Waals surface area contributed by atoms with E-state index in [0.29, 0.717) is 82.4 Å². The topological polar surface area (TPSA) is 137 Å². The van der Waals surface area contributed by atoms with Gasteiger partial charge in [-0.25, -0.2) is 15.0 Å². The van der Waals surface area contributed by atoms with E-state index in [4.69, 9.17) is 27.9 Å². The zero-order chi connectivity index (χ0) is 31.7. The molecular formula is C32H33Cl2N7O4. The summed E-state index contributed by atoms with van der Waals surface area (Å²) >= 11 is 13.8. The average molecular weight is 651 g/mol. The van der Waals surface area contributed by atoms with Crippen molar-refractivity contribution in [3.63, 3.8) is 0 Å². The molecular weight excluding hydrogens is 617 g/mol. The second-order valence-corrected chi connectivity index (χ2v) is 11.9. The van der Waals surface area contributed by atoms with Crippen molar-refractivity contribution in [1.29, 1.82) is 0 Å². The average Bonchev–Trinajstić information content (AvgIpc) is 3.02. The third kappa shape index (κ3) is 6.51. The van der Waals surface area contributed by atoms with Crippen molar-refractivity contribution in [3.8, 4) is 28.3 Å². The number of β-amino-alcohol motifs (C(OH)–C–C–N with tert-alkyl or cyclic N) is 2. The van der Waals surface area contributed by atoms with Crippen LogP contribution in [0.15, 0.2) is 42.6 Å². The van der Waals surface area contributed by atoms with E-state index >= 15 is 0 Å². The van der Waals surface area contributed by atoms with Gasteiger partial charge in [-0.3, -0.25) is 19.6 Å². The molecule has 0 bridgehead atoms. The first kappa shape index (κ1) is 31.3. The summed E-state index contributed by atoms with van der Waals surface area (Å²) in [4.78, 5) is 35.8. The van der Waals surface area contributed by atoms with Gasteiger partial charge in [0.15, 0.2) is 0 Å². The lowest BCUT2D eigenvalue weighted by Crippen LogP contribution is -2.50. The van der Waals surface area contributed by atoms with Crippen molar-refractivity contribution >= 4 is 34.8 Å². The van der Waals surface area contributed by atoms with E-state index in [1.165, 1.54) is 0 Å². The Morgan fingerprint density at radius 1 is 1.04 bits per heavy atom. The summed E-state index contributed by atoms with van der Waals surface area (Å²) in [5.41, 5.74) is 6.12. The zero-order valence-electron chi connectivity index (χ0n) is 24.9. The molecule has 11 nitrogen and oxygen atoms in total. The minimum atomic E-state index is -0.478. The summed E-state index contributed by atoms with van der Waals surface area (Å²) in [5.74, 6) is -0.0343. The predicted octanol–water partition coefficient (Wildman–Crippen LogP) is 4.00. The molecule has 0 unspecified atom stereocenters. The maximum atomic E-state index is 13.3. The van der Waals surface area contributed by atoms with Crippen LogP contribution in [0.2, 0.25) is 10.0 Å². The molecule has 4 heterocycles. The molecule has 234 valence electrons. The Kier molecular flexibility index (Phi) is 9.27. The first-order valence-electron chi connectivity index (χ1n) is 14.6. The number of aliphatic hydroxyl groups excluding tert-OH is 2. The van der Waals surface area contributed by atoms with Crippen LogP contribution in [0, 0.1) is 6.92 Å². The number of methoxy groups -OCH3 is 1. The lowest BCUT2D eigenvalue weighted by Gasteiger charge is -2.35. The molecule has 13 heteroatoms. The molecule has 0 radical (unpaired) electrons. The standard InChI is InChI=1S/C32H33Cl2N7O4/c1-18-20-9-10-40(11-12-42)16-26(20)37-30(36-18)31(44)38-24-8-4-6-22(29(24)34)21-5-3-7-23(28(21)33)25-13-35-27(32(39-25)45-2)17-41-14-19(43)15-41/h3-8,13,19,42-43H,9-12,14-17H2,1-2H3,(H,38,44). The Bertz CT molecular complexity index is 1750. The molecule has 0 atom stereocenters. The number of fused-ring (bicyclic) bond motifs is 1. The third-order valence-corrected chi connectivity index (χ3v) is 8.91. The lowest BCUT2D eigenvalue weighted by atomic mass is 10.0. The van der Waals surface area contributed by atoms with Gasteiger partial charge in [-0.15, -0.1) is 0 Å². The molecule has 1 amide bonds. The number of benzene rings is 2. The highest BCUT2D eigenvalue weighted by Crippen LogP contribution is 2.41. The first-order valence-corrected chi connectivity index (χ1v) is 15.4. The van der Waals surface area contributed by atoms with E-state index < -0.39 is 5.91 Å². The quantitative estimate of drug-likeness (QED) is 0.244. The number of carbonyl (C=O) groups excluding carboxylic acids is 1. The van der Waals surface area contributed by atoms with Crippen LogP contribution in [-0.2, 0) is 19.5 Å². The van der Waals surface area contributed by atoms with Gasteiger partial charge in [0.05, 0.1) is 53.1 Å². The van der Waals surface area contributed by atoms with Gasteiger partial charge >= 0.3 is 0 Å². The summed E-state index contributed by atoms with van der Waals surface area (Å²) in [6, 6.07) is 10.9. The predicted molar refractivity (Wildman–Crippen MR) is 172 cm³/mol. The molecule has 1 saturated heterocycles. The Balaban J connectivity index is 1.25. The molecule has 0 spiro atoms. The molecule has 6 rings (SSSR count). The van der Waals surface area contributed by atoms with Crippen LogP contribution in [0.3, 0.4) is 0 Å². The fraction of sp³-hybridized carbons (Fsp3) is 0.344. The second-order valence-electron chi connectivity index (χ2n) is 11.2. The van der Waals surface area contributed by atoms with E-state index in [2.05, 4.69) is 35.1 Å². The highest BCUT2D eigenvalue weighted by atomic mass is 35.5. The molecule has 4 aromatic rings. The highest BCUT2D eigenvalue weighted by Gasteiger charge is 2.27. The largest absolute Gasteiger partial charge is 0.480 e. The normalized spacial score (nSPS) is 15.4. The number of aryl methyl sites for hydroxylation is 1. The van der Waals surface area contributed by atoms with Gasteiger partial charge in [0.1, 0.15) is 5.69 Å². The maximum absolute atomic E-state index is 13.3. The summed E-state index contributed by atoms with van der Waals surface area (Å²) in [6.45, 7) is 5.55. The number of aliphatic hydroxyl groups is 2. The van der Waals surface area contributed by atoms with E-state index in [0.717, 1.165) is 29.9 Å². The number of halogens is 2. The number of anilines is 1.